The third-order valence-corrected chi connectivity index (χ3v) is 5.07. The predicted molar refractivity (Wildman–Crippen MR) is 85.0 cm³/mol. The van der Waals surface area contributed by atoms with E-state index in [4.69, 9.17) is 4.74 Å². The first kappa shape index (κ1) is 18.1. The van der Waals surface area contributed by atoms with Gasteiger partial charge in [0.15, 0.2) is 0 Å². The Morgan fingerprint density at radius 1 is 1.29 bits per heavy atom. The quantitative estimate of drug-likeness (QED) is 0.388. The van der Waals surface area contributed by atoms with Gasteiger partial charge in [0.05, 0.1) is 13.0 Å². The summed E-state index contributed by atoms with van der Waals surface area (Å²) in [7, 11) is 1.16. The van der Waals surface area contributed by atoms with Crippen molar-refractivity contribution in [3.05, 3.63) is 46.0 Å². The molecule has 0 spiro atoms. The molecule has 7 heteroatoms. The zero-order valence-corrected chi connectivity index (χ0v) is 13.9. The number of carbonyl (C=O) groups excluding carboxylic acids is 2. The van der Waals surface area contributed by atoms with E-state index in [1.54, 1.807) is 30.3 Å². The molecule has 0 heterocycles. The highest BCUT2D eigenvalue weighted by Crippen LogP contribution is 2.52. The number of rotatable bonds is 4. The van der Waals surface area contributed by atoms with Gasteiger partial charge < -0.3 is 9.84 Å². The van der Waals surface area contributed by atoms with E-state index in [1.165, 1.54) is 13.8 Å². The van der Waals surface area contributed by atoms with Gasteiger partial charge in [0.25, 0.3) is 0 Å². The van der Waals surface area contributed by atoms with Crippen LogP contribution in [0.3, 0.4) is 0 Å². The lowest BCUT2D eigenvalue weighted by Gasteiger charge is -2.46. The fourth-order valence-electron chi connectivity index (χ4n) is 3.81. The minimum absolute atomic E-state index is 0.00803. The molecular formula is C17H21NO6. The minimum Gasteiger partial charge on any atom is -0.468 e. The van der Waals surface area contributed by atoms with Crippen molar-refractivity contribution in [2.45, 2.75) is 44.2 Å². The predicted octanol–water partition coefficient (Wildman–Crippen LogP) is 1.71. The largest absolute Gasteiger partial charge is 0.468 e. The molecule has 1 aliphatic carbocycles. The van der Waals surface area contributed by atoms with Gasteiger partial charge in [-0.25, -0.2) is 0 Å². The number of benzene rings is 1. The molecule has 1 fully saturated rings. The van der Waals surface area contributed by atoms with Crippen molar-refractivity contribution in [3.8, 4) is 0 Å². The minimum atomic E-state index is -1.68. The molecule has 0 aromatic heterocycles. The lowest BCUT2D eigenvalue weighted by atomic mass is 9.56. The summed E-state index contributed by atoms with van der Waals surface area (Å²) in [5, 5.41) is 22.4. The van der Waals surface area contributed by atoms with E-state index in [0.29, 0.717) is 5.56 Å². The fraction of sp³-hybridized carbons (Fsp3) is 0.529. The molecule has 0 amide bonds. The van der Waals surface area contributed by atoms with Gasteiger partial charge in [-0.15, -0.1) is 0 Å². The number of ether oxygens (including phenoxy) is 1. The van der Waals surface area contributed by atoms with Crippen LogP contribution >= 0.6 is 0 Å². The van der Waals surface area contributed by atoms with Crippen molar-refractivity contribution in [2.24, 2.45) is 5.41 Å². The number of methoxy groups -OCH3 is 1. The number of hydrogen-bond acceptors (Lipinski definition) is 6. The molecule has 1 aromatic carbocycles. The van der Waals surface area contributed by atoms with Gasteiger partial charge >= 0.3 is 5.97 Å². The Labute approximate surface area is 139 Å². The Bertz CT molecular complexity index is 656. The second-order valence-corrected chi connectivity index (χ2v) is 6.49. The lowest BCUT2D eigenvalue weighted by molar-refractivity contribution is -0.555. The number of aliphatic hydroxyl groups is 1. The fourth-order valence-corrected chi connectivity index (χ4v) is 3.81. The molecule has 1 unspecified atom stereocenters. The first-order chi connectivity index (χ1) is 11.2. The summed E-state index contributed by atoms with van der Waals surface area (Å²) in [5.74, 6) is -2.40. The molecule has 24 heavy (non-hydrogen) atoms. The van der Waals surface area contributed by atoms with Crippen LogP contribution in [-0.4, -0.2) is 40.5 Å². The second kappa shape index (κ2) is 6.32. The number of ketones is 1. The molecule has 1 saturated carbocycles. The van der Waals surface area contributed by atoms with E-state index in [1.807, 2.05) is 0 Å². The molecule has 1 N–H and O–H groups in total. The van der Waals surface area contributed by atoms with Crippen LogP contribution in [-0.2, 0) is 14.3 Å². The van der Waals surface area contributed by atoms with Gasteiger partial charge in [-0.2, -0.15) is 0 Å². The third-order valence-electron chi connectivity index (χ3n) is 5.07. The highest BCUT2D eigenvalue weighted by molar-refractivity contribution is 6.04. The summed E-state index contributed by atoms with van der Waals surface area (Å²) in [6.45, 7) is 2.61. The van der Waals surface area contributed by atoms with Gasteiger partial charge in [0.2, 0.25) is 6.04 Å². The lowest BCUT2D eigenvalue weighted by Crippen LogP contribution is -2.61. The summed E-state index contributed by atoms with van der Waals surface area (Å²) >= 11 is 0. The molecule has 7 nitrogen and oxygen atoms in total. The summed E-state index contributed by atoms with van der Waals surface area (Å²) in [4.78, 5) is 36.2. The average Bonchev–Trinajstić information content (AvgIpc) is 2.53. The van der Waals surface area contributed by atoms with Crippen molar-refractivity contribution >= 4 is 11.8 Å². The monoisotopic (exact) mass is 335 g/mol. The first-order valence-electron chi connectivity index (χ1n) is 7.68. The standard InChI is InChI=1S/C17H21NO6/c1-11(19)17(15(20)24-3)10-9-16(2,21)14(18(22)23)13(17)12-7-5-4-6-8-12/h4-8,13-14,21H,9-10H2,1-3H3/t13-,14-,16+,17?/m0/s1. The molecule has 4 atom stereocenters. The van der Waals surface area contributed by atoms with Crippen LogP contribution in [0.4, 0.5) is 0 Å². The molecule has 1 aliphatic rings. The van der Waals surface area contributed by atoms with E-state index in [9.17, 15) is 24.8 Å². The SMILES string of the molecule is COC(=O)C1(C(C)=O)CC[C@@](C)(O)[C@@H]([N+](=O)[O-])[C@@H]1c1ccccc1. The average molecular weight is 335 g/mol. The highest BCUT2D eigenvalue weighted by Gasteiger charge is 2.65. The van der Waals surface area contributed by atoms with Crippen LogP contribution < -0.4 is 0 Å². The van der Waals surface area contributed by atoms with Crippen molar-refractivity contribution < 1.29 is 24.4 Å². The maximum absolute atomic E-state index is 12.5. The molecule has 1 aromatic rings. The molecule has 0 bridgehead atoms. The van der Waals surface area contributed by atoms with Crippen LogP contribution in [0.15, 0.2) is 30.3 Å². The topological polar surface area (TPSA) is 107 Å². The molecule has 0 aliphatic heterocycles. The third kappa shape index (κ3) is 2.69. The van der Waals surface area contributed by atoms with Crippen LogP contribution in [0.25, 0.3) is 0 Å². The van der Waals surface area contributed by atoms with Gasteiger partial charge in [0.1, 0.15) is 16.8 Å². The maximum Gasteiger partial charge on any atom is 0.320 e. The smallest absolute Gasteiger partial charge is 0.320 e. The normalized spacial score (nSPS) is 32.8. The summed E-state index contributed by atoms with van der Waals surface area (Å²) in [6.07, 6.45) is -0.0530. The van der Waals surface area contributed by atoms with E-state index in [-0.39, 0.29) is 12.8 Å². The van der Waals surface area contributed by atoms with Gasteiger partial charge in [-0.3, -0.25) is 19.7 Å². The van der Waals surface area contributed by atoms with Crippen molar-refractivity contribution in [1.82, 2.24) is 0 Å². The summed E-state index contributed by atoms with van der Waals surface area (Å²) in [5.41, 5.74) is -2.87. The van der Waals surface area contributed by atoms with Crippen LogP contribution in [0, 0.1) is 15.5 Å². The number of nitro groups is 1. The maximum atomic E-state index is 12.5. The number of carbonyl (C=O) groups is 2. The Morgan fingerprint density at radius 3 is 2.33 bits per heavy atom. The number of esters is 1. The summed E-state index contributed by atoms with van der Waals surface area (Å²) in [6, 6.07) is 6.85. The molecular weight excluding hydrogens is 314 g/mol. The van der Waals surface area contributed by atoms with Gasteiger partial charge in [-0.1, -0.05) is 30.3 Å². The van der Waals surface area contributed by atoms with Crippen LogP contribution in [0.5, 0.6) is 0 Å². The zero-order valence-electron chi connectivity index (χ0n) is 13.9. The second-order valence-electron chi connectivity index (χ2n) is 6.49. The Kier molecular flexibility index (Phi) is 4.75. The Hall–Kier alpha value is -2.28. The van der Waals surface area contributed by atoms with Crippen molar-refractivity contribution in [1.29, 1.82) is 0 Å². The van der Waals surface area contributed by atoms with Gasteiger partial charge in [0, 0.05) is 4.92 Å². The number of Topliss-reactive ketones (excluding diaryl/α,β-unsaturated/α-hetero) is 1. The Balaban J connectivity index is 2.76. The zero-order chi connectivity index (χ0) is 18.1. The number of hydrogen-bond donors (Lipinski definition) is 1. The van der Waals surface area contributed by atoms with Crippen molar-refractivity contribution in [3.63, 3.8) is 0 Å². The van der Waals surface area contributed by atoms with Gasteiger partial charge in [-0.05, 0) is 32.3 Å². The van der Waals surface area contributed by atoms with E-state index in [2.05, 4.69) is 0 Å². The van der Waals surface area contributed by atoms with Crippen molar-refractivity contribution in [2.75, 3.05) is 7.11 Å². The van der Waals surface area contributed by atoms with E-state index < -0.39 is 39.7 Å². The molecule has 0 radical (unpaired) electrons. The molecule has 130 valence electrons. The highest BCUT2D eigenvalue weighted by atomic mass is 16.6. The van der Waals surface area contributed by atoms with Crippen LogP contribution in [0.1, 0.15) is 38.2 Å². The number of nitrogens with zero attached hydrogens (tertiary/aromatic N) is 1. The Morgan fingerprint density at radius 2 is 1.88 bits per heavy atom. The summed E-state index contributed by atoms with van der Waals surface area (Å²) < 4.78 is 4.84. The molecule has 0 saturated heterocycles. The first-order valence-corrected chi connectivity index (χ1v) is 7.68. The van der Waals surface area contributed by atoms with E-state index >= 15 is 0 Å². The molecule has 2 rings (SSSR count). The van der Waals surface area contributed by atoms with E-state index in [0.717, 1.165) is 7.11 Å². The van der Waals surface area contributed by atoms with Crippen LogP contribution in [0.2, 0.25) is 0 Å².